The third-order valence-electron chi connectivity index (χ3n) is 2.34. The number of anilines is 1. The van der Waals surface area contributed by atoms with Crippen molar-refractivity contribution in [1.29, 1.82) is 0 Å². The standard InChI is InChI=1S/C13H26N2Si2/c1-16(2,3)14-11-12-9-7-8-10-13(12)15-17(4,5)6/h7-10,14-15H,11H2,1-6H3. The predicted octanol–water partition coefficient (Wildman–Crippen LogP) is 3.86. The summed E-state index contributed by atoms with van der Waals surface area (Å²) in [5.41, 5.74) is 2.69. The van der Waals surface area contributed by atoms with Crippen LogP contribution in [-0.2, 0) is 6.54 Å². The van der Waals surface area contributed by atoms with Crippen molar-refractivity contribution in [3.05, 3.63) is 29.8 Å². The molecule has 0 saturated carbocycles. The average Bonchev–Trinajstić information content (AvgIpc) is 2.12. The maximum Gasteiger partial charge on any atom is 0.144 e. The fourth-order valence-electron chi connectivity index (χ4n) is 1.56. The minimum absolute atomic E-state index is 0.976. The van der Waals surface area contributed by atoms with Gasteiger partial charge in [0.15, 0.2) is 0 Å². The molecule has 0 spiro atoms. The number of nitrogens with one attached hydrogen (secondary N) is 2. The van der Waals surface area contributed by atoms with E-state index in [-0.39, 0.29) is 0 Å². The Balaban J connectivity index is 2.78. The Labute approximate surface area is 108 Å². The Hall–Kier alpha value is -0.586. The summed E-state index contributed by atoms with van der Waals surface area (Å²) in [5, 5.41) is 0. The summed E-state index contributed by atoms with van der Waals surface area (Å²) >= 11 is 0. The van der Waals surface area contributed by atoms with Crippen molar-refractivity contribution in [2.75, 3.05) is 4.98 Å². The van der Waals surface area contributed by atoms with Crippen molar-refractivity contribution in [2.24, 2.45) is 0 Å². The van der Waals surface area contributed by atoms with Gasteiger partial charge in [0, 0.05) is 12.2 Å². The molecule has 2 N–H and O–H groups in total. The molecule has 0 aliphatic carbocycles. The van der Waals surface area contributed by atoms with Crippen molar-refractivity contribution in [3.8, 4) is 0 Å². The second-order valence-electron chi connectivity index (χ2n) is 6.64. The second-order valence-corrected chi connectivity index (χ2v) is 16.2. The van der Waals surface area contributed by atoms with E-state index in [0.717, 1.165) is 6.54 Å². The molecule has 0 amide bonds. The first kappa shape index (κ1) is 14.5. The second kappa shape index (κ2) is 5.37. The van der Waals surface area contributed by atoms with Gasteiger partial charge in [-0.05, 0) is 11.6 Å². The van der Waals surface area contributed by atoms with Gasteiger partial charge >= 0.3 is 0 Å². The van der Waals surface area contributed by atoms with Crippen LogP contribution in [0.25, 0.3) is 0 Å². The molecule has 0 aliphatic heterocycles. The van der Waals surface area contributed by atoms with Crippen LogP contribution >= 0.6 is 0 Å². The van der Waals surface area contributed by atoms with Gasteiger partial charge in [0.05, 0.1) is 0 Å². The quantitative estimate of drug-likeness (QED) is 0.791. The SMILES string of the molecule is C[Si](C)(C)NCc1ccccc1N[Si](C)(C)C. The van der Waals surface area contributed by atoms with E-state index in [1.165, 1.54) is 11.3 Å². The van der Waals surface area contributed by atoms with Crippen LogP contribution < -0.4 is 9.96 Å². The lowest BCUT2D eigenvalue weighted by Gasteiger charge is -2.24. The highest BCUT2D eigenvalue weighted by Gasteiger charge is 2.16. The monoisotopic (exact) mass is 266 g/mol. The Kier molecular flexibility index (Phi) is 4.57. The van der Waals surface area contributed by atoms with Gasteiger partial charge in [0.25, 0.3) is 0 Å². The van der Waals surface area contributed by atoms with E-state index in [0.29, 0.717) is 0 Å². The van der Waals surface area contributed by atoms with Crippen LogP contribution in [0.3, 0.4) is 0 Å². The molecule has 96 valence electrons. The molecule has 0 radical (unpaired) electrons. The summed E-state index contributed by atoms with van der Waals surface area (Å²) in [6.45, 7) is 15.0. The zero-order chi connectivity index (χ0) is 13.1. The van der Waals surface area contributed by atoms with Gasteiger partial charge in [-0.25, -0.2) is 0 Å². The molecule has 17 heavy (non-hydrogen) atoms. The summed E-state index contributed by atoms with van der Waals surface area (Å²) in [6.07, 6.45) is 0. The summed E-state index contributed by atoms with van der Waals surface area (Å²) in [4.78, 5) is 7.38. The third kappa shape index (κ3) is 6.05. The number of hydrogen-bond acceptors (Lipinski definition) is 2. The van der Waals surface area contributed by atoms with E-state index in [2.05, 4.69) is 73.5 Å². The van der Waals surface area contributed by atoms with Gasteiger partial charge in [-0.15, -0.1) is 0 Å². The Bertz CT molecular complexity index is 364. The average molecular weight is 267 g/mol. The first-order valence-electron chi connectivity index (χ1n) is 6.28. The zero-order valence-electron chi connectivity index (χ0n) is 12.0. The van der Waals surface area contributed by atoms with Crippen LogP contribution in [0, 0.1) is 0 Å². The fourth-order valence-corrected chi connectivity index (χ4v) is 3.33. The van der Waals surface area contributed by atoms with E-state index in [9.17, 15) is 0 Å². The smallest absolute Gasteiger partial charge is 0.144 e. The van der Waals surface area contributed by atoms with Crippen molar-refractivity contribution in [2.45, 2.75) is 45.8 Å². The van der Waals surface area contributed by atoms with Crippen molar-refractivity contribution < 1.29 is 0 Å². The van der Waals surface area contributed by atoms with Crippen LogP contribution in [0.4, 0.5) is 5.69 Å². The lowest BCUT2D eigenvalue weighted by Crippen LogP contribution is -2.41. The van der Waals surface area contributed by atoms with Crippen LogP contribution in [0.5, 0.6) is 0 Å². The summed E-state index contributed by atoms with van der Waals surface area (Å²) in [6, 6.07) is 8.65. The fraction of sp³-hybridized carbons (Fsp3) is 0.538. The zero-order valence-corrected chi connectivity index (χ0v) is 14.0. The van der Waals surface area contributed by atoms with Gasteiger partial charge in [0.1, 0.15) is 16.5 Å². The Morgan fingerprint density at radius 2 is 1.47 bits per heavy atom. The van der Waals surface area contributed by atoms with Crippen LogP contribution in [0.1, 0.15) is 5.56 Å². The molecule has 0 fully saturated rings. The maximum absolute atomic E-state index is 3.70. The molecule has 1 aromatic rings. The van der Waals surface area contributed by atoms with Crippen molar-refractivity contribution in [1.82, 2.24) is 4.98 Å². The molecule has 0 aromatic heterocycles. The van der Waals surface area contributed by atoms with E-state index >= 15 is 0 Å². The number of rotatable bonds is 5. The first-order valence-corrected chi connectivity index (χ1v) is 13.3. The summed E-state index contributed by atoms with van der Waals surface area (Å²) < 4.78 is 0. The van der Waals surface area contributed by atoms with Gasteiger partial charge < -0.3 is 9.96 Å². The van der Waals surface area contributed by atoms with E-state index in [1.807, 2.05) is 0 Å². The molecule has 2 nitrogen and oxygen atoms in total. The number of para-hydroxylation sites is 1. The molecular formula is C13H26N2Si2. The van der Waals surface area contributed by atoms with E-state index in [4.69, 9.17) is 0 Å². The topological polar surface area (TPSA) is 24.1 Å². The minimum atomic E-state index is -1.27. The molecule has 0 aliphatic rings. The van der Waals surface area contributed by atoms with Crippen LogP contribution in [0.15, 0.2) is 24.3 Å². The first-order chi connectivity index (χ1) is 7.67. The van der Waals surface area contributed by atoms with Gasteiger partial charge in [-0.3, -0.25) is 0 Å². The number of hydrogen-bond donors (Lipinski definition) is 2. The highest BCUT2D eigenvalue weighted by Crippen LogP contribution is 2.18. The third-order valence-corrected chi connectivity index (χ3v) is 4.59. The molecule has 0 unspecified atom stereocenters. The normalized spacial score (nSPS) is 12.6. The van der Waals surface area contributed by atoms with Crippen molar-refractivity contribution in [3.63, 3.8) is 0 Å². The van der Waals surface area contributed by atoms with E-state index < -0.39 is 16.5 Å². The highest BCUT2D eigenvalue weighted by atomic mass is 28.3. The molecular weight excluding hydrogens is 240 g/mol. The predicted molar refractivity (Wildman–Crippen MR) is 83.6 cm³/mol. The molecule has 4 heteroatoms. The van der Waals surface area contributed by atoms with Crippen LogP contribution in [-0.4, -0.2) is 16.5 Å². The van der Waals surface area contributed by atoms with Crippen LogP contribution in [0.2, 0.25) is 39.3 Å². The number of benzene rings is 1. The molecule has 1 rings (SSSR count). The maximum atomic E-state index is 3.70. The molecule has 1 aromatic carbocycles. The van der Waals surface area contributed by atoms with Gasteiger partial charge in [-0.2, -0.15) is 0 Å². The molecule has 0 bridgehead atoms. The lowest BCUT2D eigenvalue weighted by atomic mass is 10.2. The van der Waals surface area contributed by atoms with Gasteiger partial charge in [-0.1, -0.05) is 57.5 Å². The Morgan fingerprint density at radius 1 is 0.882 bits per heavy atom. The molecule has 0 saturated heterocycles. The van der Waals surface area contributed by atoms with Gasteiger partial charge in [0.2, 0.25) is 0 Å². The molecule has 0 heterocycles. The van der Waals surface area contributed by atoms with E-state index in [1.54, 1.807) is 0 Å². The lowest BCUT2D eigenvalue weighted by molar-refractivity contribution is 0.917. The van der Waals surface area contributed by atoms with Crippen molar-refractivity contribution >= 4 is 22.2 Å². The molecule has 0 atom stereocenters. The summed E-state index contributed by atoms with van der Waals surface area (Å²) in [5.74, 6) is 0. The summed E-state index contributed by atoms with van der Waals surface area (Å²) in [7, 11) is -2.46. The minimum Gasteiger partial charge on any atom is -0.411 e. The largest absolute Gasteiger partial charge is 0.411 e. The Morgan fingerprint density at radius 3 is 2.00 bits per heavy atom. The highest BCUT2D eigenvalue weighted by molar-refractivity contribution is 6.79.